The molecule has 17 heteroatoms. The molecule has 0 N–H and O–H groups in total. The van der Waals surface area contributed by atoms with Crippen LogP contribution in [0.4, 0.5) is 0 Å². The predicted molar refractivity (Wildman–Crippen MR) is 413 cm³/mol. The Morgan fingerprint density at radius 3 is 0.482 bits per heavy atom. The van der Waals surface area contributed by atoms with E-state index in [0.717, 1.165) is 0 Å². The zero-order valence-electron chi connectivity index (χ0n) is 62.6. The topological polar surface area (TPSA) is 0 Å². The van der Waals surface area contributed by atoms with Crippen LogP contribution >= 0.6 is 0 Å². The van der Waals surface area contributed by atoms with Gasteiger partial charge in [0.2, 0.25) is 0 Å². The van der Waals surface area contributed by atoms with Gasteiger partial charge in [0.15, 0.2) is 0 Å². The molecule has 0 radical (unpaired) electrons. The van der Waals surface area contributed by atoms with E-state index < -0.39 is 105 Å². The summed E-state index contributed by atoms with van der Waals surface area (Å²) in [6, 6.07) is 0. The van der Waals surface area contributed by atoms with Gasteiger partial charge in [0, 0.05) is 0 Å². The van der Waals surface area contributed by atoms with Crippen LogP contribution < -0.4 is 115 Å². The maximum absolute atomic E-state index is 4.91. The van der Waals surface area contributed by atoms with Gasteiger partial charge >= 0.3 is 21.7 Å². The van der Waals surface area contributed by atoms with Gasteiger partial charge in [-0.2, -0.15) is 11.1 Å². The van der Waals surface area contributed by atoms with E-state index in [1.54, 1.807) is 22.3 Å². The molecule has 1 aliphatic rings. The first-order chi connectivity index (χ1) is 34.3. The van der Waals surface area contributed by atoms with Crippen molar-refractivity contribution in [3.63, 3.8) is 0 Å². The third-order valence-electron chi connectivity index (χ3n) is 18.4. The van der Waals surface area contributed by atoms with Crippen molar-refractivity contribution in [3.05, 3.63) is 39.5 Å². The van der Waals surface area contributed by atoms with Crippen LogP contribution in [0.3, 0.4) is 0 Å². The minimum atomic E-state index is -3.67. The van der Waals surface area contributed by atoms with E-state index in [4.69, 9.17) is 6.08 Å². The summed E-state index contributed by atoms with van der Waals surface area (Å²) >= 11 is 0. The number of hydrogen-bond donors (Lipinski definition) is 0. The first kappa shape index (κ1) is 84.5. The Kier molecular flexibility index (Phi) is 25.9. The third-order valence-corrected chi connectivity index (χ3v) is 51.9. The van der Waals surface area contributed by atoms with E-state index in [9.17, 15) is 0 Å². The van der Waals surface area contributed by atoms with Crippen molar-refractivity contribution in [2.24, 2.45) is 0 Å². The molecule has 0 saturated carbocycles. The van der Waals surface area contributed by atoms with Gasteiger partial charge in [-0.3, -0.25) is 6.08 Å². The number of halogens is 3. The fourth-order valence-electron chi connectivity index (χ4n) is 16.3. The zero-order valence-corrected chi connectivity index (χ0v) is 79.5. The Bertz CT molecular complexity index is 2730. The average molecular weight is 1440 g/mol. The van der Waals surface area contributed by atoms with Gasteiger partial charge in [-0.1, -0.05) is 340 Å². The minimum absolute atomic E-state index is 0. The normalized spacial score (nSPS) is 16.8. The summed E-state index contributed by atoms with van der Waals surface area (Å²) in [5.41, 5.74) is 9.86. The molecule has 3 aromatic rings. The molecule has 0 bridgehead atoms. The summed E-state index contributed by atoms with van der Waals surface area (Å²) in [4.78, 5) is 0. The molecule has 0 spiro atoms. The Hall–Kier alpha value is 1.54. The van der Waals surface area contributed by atoms with Crippen molar-refractivity contribution >= 4 is 183 Å². The van der Waals surface area contributed by atoms with E-state index in [2.05, 4.69) is 284 Å². The van der Waals surface area contributed by atoms with Crippen molar-refractivity contribution in [3.8, 4) is 0 Å². The van der Waals surface area contributed by atoms with Crippen LogP contribution in [0.25, 0.3) is 0 Å². The quantitative estimate of drug-likeness (QED) is 0.117. The van der Waals surface area contributed by atoms with Crippen LogP contribution in [-0.4, -0.2) is 105 Å². The van der Waals surface area contributed by atoms with Crippen molar-refractivity contribution in [1.82, 2.24) is 0 Å². The van der Waals surface area contributed by atoms with Crippen molar-refractivity contribution in [1.29, 1.82) is 0 Å². The largest absolute Gasteiger partial charge is 4.00 e. The molecule has 0 fully saturated rings. The van der Waals surface area contributed by atoms with Crippen molar-refractivity contribution in [2.75, 3.05) is 0 Å². The molecule has 1 aliphatic carbocycles. The van der Waals surface area contributed by atoms with Gasteiger partial charge in [-0.05, 0) is 36.3 Å². The van der Waals surface area contributed by atoms with Crippen LogP contribution in [0, 0.1) is 26.8 Å². The molecular formula is C66H129Cl3Si13Ti. The number of allylic oxidation sites excluding steroid dienone is 4. The maximum Gasteiger partial charge on any atom is 4.00 e. The number of hydrogen-bond acceptors (Lipinski definition) is 0. The molecule has 1 unspecified atom stereocenters. The fourth-order valence-corrected chi connectivity index (χ4v) is 72.6. The van der Waals surface area contributed by atoms with E-state index in [1.165, 1.54) is 11.1 Å². The molecule has 0 amide bonds. The van der Waals surface area contributed by atoms with Gasteiger partial charge < -0.3 is 37.2 Å². The van der Waals surface area contributed by atoms with Crippen LogP contribution in [-0.2, 0) is 21.7 Å². The molecule has 0 aliphatic heterocycles. The number of benzene rings is 3. The first-order valence-electron chi connectivity index (χ1n) is 31.2. The molecule has 4 rings (SSSR count). The molecule has 83 heavy (non-hydrogen) atoms. The molecule has 3 aromatic carbocycles. The standard InChI is InChI=1S/C66H129Si13.3ClH.Ti/c1-45-44-66(7,50(6)46(45)2)79(54-47(3)51(67(8,9)10)57(70(17,18)19)63(76(35,36)37)60(54)73(26,27)28,55-48(4)52(68(11,12)13)58(71(20,21)22)64(77(38,39)40)61(55)74(29,30)31)56-49(5)53(69(14,15)16)59(72(23,24)25)65(78(41,42)43)62(56)75(32,33)34;;;;/h1-43H3;3*1H;/q-1;;;;+4/p-3. The van der Waals surface area contributed by atoms with E-state index in [1.807, 2.05) is 77.8 Å². The summed E-state index contributed by atoms with van der Waals surface area (Å²) < 4.78 is 0. The molecule has 470 valence electrons. The second kappa shape index (κ2) is 25.5. The van der Waals surface area contributed by atoms with Gasteiger partial charge in [-0.25, -0.2) is 5.57 Å². The van der Waals surface area contributed by atoms with E-state index >= 15 is 0 Å². The Labute approximate surface area is 564 Å². The van der Waals surface area contributed by atoms with E-state index in [0.29, 0.717) is 0 Å². The van der Waals surface area contributed by atoms with Crippen LogP contribution in [0.1, 0.15) is 44.4 Å². The van der Waals surface area contributed by atoms with Gasteiger partial charge in [0.1, 0.15) is 8.07 Å². The molecule has 1 atom stereocenters. The molecule has 0 heterocycles. The van der Waals surface area contributed by atoms with Crippen molar-refractivity contribution < 1.29 is 58.9 Å². The first-order valence-corrected chi connectivity index (χ1v) is 75.2. The monoisotopic (exact) mass is 1440 g/mol. The molecule has 0 aromatic heterocycles. The summed E-state index contributed by atoms with van der Waals surface area (Å²) in [5, 5.41) is 28.4. The second-order valence-electron chi connectivity index (χ2n) is 38.4. The maximum atomic E-state index is 4.91. The zero-order chi connectivity index (χ0) is 62.8. The summed E-state index contributed by atoms with van der Waals surface area (Å²) in [6.07, 6.45) is 4.91. The average Bonchev–Trinajstić information content (AvgIpc) is 3.35. The third kappa shape index (κ3) is 15.1. The smallest absolute Gasteiger partial charge is 1.00 e. The minimum Gasteiger partial charge on any atom is -1.00 e. The predicted octanol–water partition coefficient (Wildman–Crippen LogP) is 3.49. The van der Waals surface area contributed by atoms with Gasteiger partial charge in [-0.15, -0.1) is 6.92 Å². The Balaban J connectivity index is 0.0000168. The van der Waals surface area contributed by atoms with Crippen LogP contribution in [0.15, 0.2) is 16.7 Å². The fraction of sp³-hybridized carbons (Fsp3) is 0.667. The van der Waals surface area contributed by atoms with Gasteiger partial charge in [0.25, 0.3) is 0 Å². The van der Waals surface area contributed by atoms with Crippen LogP contribution in [0.5, 0.6) is 0 Å². The van der Waals surface area contributed by atoms with Crippen molar-refractivity contribution in [2.45, 2.75) is 289 Å². The molecular weight excluding hydrogens is 1310 g/mol. The van der Waals surface area contributed by atoms with Crippen LogP contribution in [0.2, 0.25) is 241 Å². The SMILES string of the molecule is CC1=[C-]C(C)([Si](c2c(C)c([Si](C)(C)C)c([Si](C)(C)C)c([Si](C)(C)C)c2[Si](C)(C)C)(c2c(C)c([Si](C)(C)C)c([Si](C)(C)C)c([Si](C)(C)C)c2[Si](C)(C)C)c2c(C)c([Si](C)(C)C)c([Si](C)(C)C)c([Si](C)(C)C)c2[Si](C)(C)C)C(C)=C1C.[Cl-].[Cl-].[Cl-].[Ti+4]. The second-order valence-corrected chi connectivity index (χ2v) is 102. The van der Waals surface area contributed by atoms with E-state index in [-0.39, 0.29) is 64.0 Å². The molecule has 0 saturated heterocycles. The Morgan fingerprint density at radius 1 is 0.229 bits per heavy atom. The van der Waals surface area contributed by atoms with Gasteiger partial charge in [0.05, 0.1) is 96.9 Å². The number of rotatable bonds is 16. The summed E-state index contributed by atoms with van der Waals surface area (Å²) in [5.74, 6) is 0. The summed E-state index contributed by atoms with van der Waals surface area (Å²) in [6.45, 7) is 120. The Morgan fingerprint density at radius 2 is 0.361 bits per heavy atom. The molecule has 0 nitrogen and oxygen atoms in total. The summed E-state index contributed by atoms with van der Waals surface area (Å²) in [7, 11) is -29.1.